The summed E-state index contributed by atoms with van der Waals surface area (Å²) in [6.07, 6.45) is 0. The summed E-state index contributed by atoms with van der Waals surface area (Å²) in [7, 11) is 0. The lowest BCUT2D eigenvalue weighted by atomic mass is 10.3. The number of para-hydroxylation sites is 1. The normalized spacial score (nSPS) is 10.4. The Balaban J connectivity index is 1.52. The number of nitrogens with zero attached hydrogens (tertiary/aromatic N) is 3. The highest BCUT2D eigenvalue weighted by Crippen LogP contribution is 2.13. The van der Waals surface area contributed by atoms with Gasteiger partial charge in [-0.05, 0) is 48.6 Å². The minimum absolute atomic E-state index is 0.0249. The molecule has 3 N–H and O–H groups in total. The molecular formula is C15H13ClN6OS. The molecule has 1 heterocycles. The fourth-order valence-electron chi connectivity index (χ4n) is 2.03. The van der Waals surface area contributed by atoms with Crippen LogP contribution < -0.4 is 16.2 Å². The zero-order valence-corrected chi connectivity index (χ0v) is 13.9. The molecule has 0 radical (unpaired) electrons. The van der Waals surface area contributed by atoms with E-state index in [1.54, 1.807) is 24.3 Å². The largest absolute Gasteiger partial charge is 0.331 e. The van der Waals surface area contributed by atoms with Gasteiger partial charge in [0.25, 0.3) is 5.91 Å². The van der Waals surface area contributed by atoms with Crippen LogP contribution in [0.4, 0.5) is 5.69 Å². The standard InChI is InChI=1S/C15H13ClN6OS/c16-10-5-7-11(8-6-10)17-15(24)20-19-14(23)9-22-13-4-2-1-3-12(13)18-21-22/h1-8H,9H2,(H,19,23)(H2,17,20,24). The fourth-order valence-corrected chi connectivity index (χ4v) is 2.33. The van der Waals surface area contributed by atoms with Crippen LogP contribution in [0, 0.1) is 0 Å². The van der Waals surface area contributed by atoms with E-state index >= 15 is 0 Å². The second-order valence-corrected chi connectivity index (χ2v) is 5.71. The lowest BCUT2D eigenvalue weighted by Gasteiger charge is -2.11. The molecule has 0 unspecified atom stereocenters. The molecule has 24 heavy (non-hydrogen) atoms. The molecule has 9 heteroatoms. The number of hydrogen-bond acceptors (Lipinski definition) is 4. The number of benzene rings is 2. The summed E-state index contributed by atoms with van der Waals surface area (Å²) in [5.74, 6) is -0.300. The van der Waals surface area contributed by atoms with Gasteiger partial charge in [-0.25, -0.2) is 4.68 Å². The first-order valence-electron chi connectivity index (χ1n) is 7.01. The number of halogens is 1. The van der Waals surface area contributed by atoms with Gasteiger partial charge in [0.05, 0.1) is 5.52 Å². The average molecular weight is 361 g/mol. The third-order valence-electron chi connectivity index (χ3n) is 3.13. The van der Waals surface area contributed by atoms with Gasteiger partial charge in [0.1, 0.15) is 12.1 Å². The van der Waals surface area contributed by atoms with Crippen LogP contribution in [0.25, 0.3) is 11.0 Å². The molecule has 0 saturated heterocycles. The Morgan fingerprint density at radius 1 is 1.12 bits per heavy atom. The highest BCUT2D eigenvalue weighted by Gasteiger charge is 2.08. The fraction of sp³-hybridized carbons (Fsp3) is 0.0667. The van der Waals surface area contributed by atoms with Crippen molar-refractivity contribution in [2.24, 2.45) is 0 Å². The maximum absolute atomic E-state index is 12.0. The summed E-state index contributed by atoms with van der Waals surface area (Å²) in [5.41, 5.74) is 7.42. The van der Waals surface area contributed by atoms with Gasteiger partial charge in [0, 0.05) is 10.7 Å². The van der Waals surface area contributed by atoms with Crippen molar-refractivity contribution in [1.29, 1.82) is 0 Å². The Hall–Kier alpha value is -2.71. The zero-order chi connectivity index (χ0) is 16.9. The second kappa shape index (κ2) is 7.24. The monoisotopic (exact) mass is 360 g/mol. The van der Waals surface area contributed by atoms with Crippen LogP contribution in [0.5, 0.6) is 0 Å². The van der Waals surface area contributed by atoms with Gasteiger partial charge in [-0.1, -0.05) is 28.9 Å². The number of rotatable bonds is 3. The van der Waals surface area contributed by atoms with Crippen LogP contribution in [-0.4, -0.2) is 26.0 Å². The van der Waals surface area contributed by atoms with E-state index in [9.17, 15) is 4.79 Å². The van der Waals surface area contributed by atoms with Gasteiger partial charge in [0.2, 0.25) is 0 Å². The number of carbonyl (C=O) groups is 1. The molecule has 3 aromatic rings. The van der Waals surface area contributed by atoms with Crippen molar-refractivity contribution < 1.29 is 4.79 Å². The van der Waals surface area contributed by atoms with Gasteiger partial charge >= 0.3 is 0 Å². The van der Waals surface area contributed by atoms with E-state index in [1.807, 2.05) is 24.3 Å². The summed E-state index contributed by atoms with van der Waals surface area (Å²) in [6, 6.07) is 14.4. The topological polar surface area (TPSA) is 83.9 Å². The Morgan fingerprint density at radius 2 is 1.88 bits per heavy atom. The van der Waals surface area contributed by atoms with E-state index in [1.165, 1.54) is 4.68 Å². The number of carbonyl (C=O) groups excluding carboxylic acids is 1. The number of thiocarbonyl (C=S) groups is 1. The lowest BCUT2D eigenvalue weighted by Crippen LogP contribution is -2.45. The average Bonchev–Trinajstić information content (AvgIpc) is 2.98. The van der Waals surface area contributed by atoms with Crippen molar-refractivity contribution in [3.8, 4) is 0 Å². The van der Waals surface area contributed by atoms with Crippen molar-refractivity contribution in [3.63, 3.8) is 0 Å². The van der Waals surface area contributed by atoms with E-state index < -0.39 is 0 Å². The molecule has 0 aliphatic heterocycles. The van der Waals surface area contributed by atoms with E-state index in [0.717, 1.165) is 16.7 Å². The predicted octanol–water partition coefficient (Wildman–Crippen LogP) is 2.10. The van der Waals surface area contributed by atoms with Crippen molar-refractivity contribution in [3.05, 3.63) is 53.6 Å². The van der Waals surface area contributed by atoms with Gasteiger partial charge in [0.15, 0.2) is 5.11 Å². The maximum atomic E-state index is 12.0. The van der Waals surface area contributed by atoms with Crippen LogP contribution in [0.15, 0.2) is 48.5 Å². The first-order chi connectivity index (χ1) is 11.6. The molecule has 1 amide bonds. The first kappa shape index (κ1) is 16.2. The predicted molar refractivity (Wildman–Crippen MR) is 96.5 cm³/mol. The summed E-state index contributed by atoms with van der Waals surface area (Å²) < 4.78 is 1.52. The Kier molecular flexibility index (Phi) is 4.88. The highest BCUT2D eigenvalue weighted by molar-refractivity contribution is 7.80. The molecular weight excluding hydrogens is 348 g/mol. The first-order valence-corrected chi connectivity index (χ1v) is 7.80. The van der Waals surface area contributed by atoms with Crippen LogP contribution >= 0.6 is 23.8 Å². The van der Waals surface area contributed by atoms with Crippen LogP contribution in [-0.2, 0) is 11.3 Å². The molecule has 2 aromatic carbocycles. The van der Waals surface area contributed by atoms with E-state index in [4.69, 9.17) is 23.8 Å². The lowest BCUT2D eigenvalue weighted by molar-refractivity contribution is -0.122. The molecule has 3 rings (SSSR count). The summed E-state index contributed by atoms with van der Waals surface area (Å²) in [6.45, 7) is 0.0249. The molecule has 0 atom stereocenters. The number of anilines is 1. The Labute approximate surface area is 148 Å². The van der Waals surface area contributed by atoms with Gasteiger partial charge < -0.3 is 5.32 Å². The quantitative estimate of drug-likeness (QED) is 0.490. The zero-order valence-electron chi connectivity index (χ0n) is 12.4. The Morgan fingerprint density at radius 3 is 2.67 bits per heavy atom. The van der Waals surface area contributed by atoms with Crippen LogP contribution in [0.3, 0.4) is 0 Å². The van der Waals surface area contributed by atoms with Crippen molar-refractivity contribution in [2.75, 3.05) is 5.32 Å². The van der Waals surface area contributed by atoms with Gasteiger partial charge in [-0.15, -0.1) is 5.10 Å². The smallest absolute Gasteiger partial charge is 0.260 e. The highest BCUT2D eigenvalue weighted by atomic mass is 35.5. The van der Waals surface area contributed by atoms with Crippen molar-refractivity contribution in [1.82, 2.24) is 25.8 Å². The van der Waals surface area contributed by atoms with Crippen LogP contribution in [0.1, 0.15) is 0 Å². The minimum Gasteiger partial charge on any atom is -0.331 e. The summed E-state index contributed by atoms with van der Waals surface area (Å²) in [4.78, 5) is 12.0. The molecule has 1 aromatic heterocycles. The summed E-state index contributed by atoms with van der Waals surface area (Å²) >= 11 is 10.9. The van der Waals surface area contributed by atoms with Gasteiger partial charge in [-0.2, -0.15) is 0 Å². The van der Waals surface area contributed by atoms with Gasteiger partial charge in [-0.3, -0.25) is 15.6 Å². The van der Waals surface area contributed by atoms with Crippen LogP contribution in [0.2, 0.25) is 5.02 Å². The van der Waals surface area contributed by atoms with Crippen molar-refractivity contribution in [2.45, 2.75) is 6.54 Å². The molecule has 0 saturated carbocycles. The summed E-state index contributed by atoms with van der Waals surface area (Å²) in [5, 5.41) is 11.8. The molecule has 7 nitrogen and oxygen atoms in total. The number of fused-ring (bicyclic) bond motifs is 1. The molecule has 0 fully saturated rings. The minimum atomic E-state index is -0.300. The number of amides is 1. The molecule has 0 spiro atoms. The number of aromatic nitrogens is 3. The SMILES string of the molecule is O=C(Cn1nnc2ccccc21)NNC(=S)Nc1ccc(Cl)cc1. The number of hydrazine groups is 1. The third-order valence-corrected chi connectivity index (χ3v) is 3.59. The maximum Gasteiger partial charge on any atom is 0.260 e. The van der Waals surface area contributed by atoms with E-state index in [-0.39, 0.29) is 17.6 Å². The van der Waals surface area contributed by atoms with E-state index in [0.29, 0.717) is 5.02 Å². The van der Waals surface area contributed by atoms with Crippen molar-refractivity contribution >= 4 is 51.6 Å². The molecule has 0 bridgehead atoms. The molecule has 0 aliphatic carbocycles. The van der Waals surface area contributed by atoms with E-state index in [2.05, 4.69) is 26.5 Å². The molecule has 0 aliphatic rings. The Bertz CT molecular complexity index is 879. The molecule has 122 valence electrons. The number of hydrogen-bond donors (Lipinski definition) is 3. The second-order valence-electron chi connectivity index (χ2n) is 4.87. The third kappa shape index (κ3) is 3.98. The number of nitrogens with one attached hydrogen (secondary N) is 3.